The van der Waals surface area contributed by atoms with Crippen LogP contribution in [0.5, 0.6) is 5.75 Å². The van der Waals surface area contributed by atoms with E-state index in [1.165, 1.54) is 44.2 Å². The standard InChI is InChI=1S/C22H23FN2OS/c1-26-20-13-11-18(12-14-20)24-22-25(19-5-3-2-4-6-19)21(15-27-22)16-7-9-17(23)10-8-16/h7-15,19H,2-6H2,1H3. The zero-order valence-corrected chi connectivity index (χ0v) is 16.2. The second-order valence-corrected chi connectivity index (χ2v) is 7.72. The molecule has 5 heteroatoms. The van der Waals surface area contributed by atoms with Gasteiger partial charge in [0.2, 0.25) is 0 Å². The van der Waals surface area contributed by atoms with Crippen molar-refractivity contribution in [1.82, 2.24) is 4.57 Å². The largest absolute Gasteiger partial charge is 0.497 e. The Morgan fingerprint density at radius 2 is 1.70 bits per heavy atom. The van der Waals surface area contributed by atoms with Gasteiger partial charge in [0.05, 0.1) is 18.5 Å². The summed E-state index contributed by atoms with van der Waals surface area (Å²) in [7, 11) is 1.66. The van der Waals surface area contributed by atoms with E-state index >= 15 is 0 Å². The fraction of sp³-hybridized carbons (Fsp3) is 0.318. The second kappa shape index (κ2) is 8.09. The molecule has 0 saturated heterocycles. The van der Waals surface area contributed by atoms with E-state index < -0.39 is 0 Å². The summed E-state index contributed by atoms with van der Waals surface area (Å²) in [5.41, 5.74) is 3.07. The van der Waals surface area contributed by atoms with Gasteiger partial charge in [0.25, 0.3) is 0 Å². The van der Waals surface area contributed by atoms with Gasteiger partial charge in [-0.1, -0.05) is 19.3 Å². The van der Waals surface area contributed by atoms with Crippen molar-refractivity contribution in [2.24, 2.45) is 4.99 Å². The SMILES string of the molecule is COc1ccc(N=c2scc(-c3ccc(F)cc3)n2C2CCCCC2)cc1. The molecule has 0 unspecified atom stereocenters. The van der Waals surface area contributed by atoms with Gasteiger partial charge < -0.3 is 9.30 Å². The Kier molecular flexibility index (Phi) is 5.39. The molecule has 1 fully saturated rings. The summed E-state index contributed by atoms with van der Waals surface area (Å²) in [4.78, 5) is 5.90. The molecule has 2 aromatic carbocycles. The molecule has 4 rings (SSSR count). The van der Waals surface area contributed by atoms with Crippen LogP contribution in [0.2, 0.25) is 0 Å². The van der Waals surface area contributed by atoms with Crippen LogP contribution in [0.3, 0.4) is 0 Å². The summed E-state index contributed by atoms with van der Waals surface area (Å²) in [6.45, 7) is 0. The molecular weight excluding hydrogens is 359 g/mol. The molecule has 0 aliphatic heterocycles. The van der Waals surface area contributed by atoms with Gasteiger partial charge in [-0.05, 0) is 66.9 Å². The Balaban J connectivity index is 1.80. The quantitative estimate of drug-likeness (QED) is 0.535. The fourth-order valence-electron chi connectivity index (χ4n) is 3.69. The normalized spacial score (nSPS) is 15.9. The highest BCUT2D eigenvalue weighted by molar-refractivity contribution is 7.07. The van der Waals surface area contributed by atoms with Crippen LogP contribution < -0.4 is 9.54 Å². The molecule has 0 atom stereocenters. The molecule has 1 aliphatic rings. The van der Waals surface area contributed by atoms with E-state index in [-0.39, 0.29) is 5.82 Å². The first-order chi connectivity index (χ1) is 13.2. The monoisotopic (exact) mass is 382 g/mol. The summed E-state index contributed by atoms with van der Waals surface area (Å²) in [6.07, 6.45) is 6.14. The summed E-state index contributed by atoms with van der Waals surface area (Å²) in [5, 5.41) is 2.14. The van der Waals surface area contributed by atoms with Gasteiger partial charge in [-0.15, -0.1) is 11.3 Å². The third-order valence-electron chi connectivity index (χ3n) is 5.12. The molecule has 0 bridgehead atoms. The van der Waals surface area contributed by atoms with Crippen molar-refractivity contribution in [2.45, 2.75) is 38.1 Å². The predicted molar refractivity (Wildman–Crippen MR) is 108 cm³/mol. The van der Waals surface area contributed by atoms with Crippen LogP contribution in [0.1, 0.15) is 38.1 Å². The summed E-state index contributed by atoms with van der Waals surface area (Å²) < 4.78 is 21.0. The lowest BCUT2D eigenvalue weighted by Crippen LogP contribution is -2.23. The summed E-state index contributed by atoms with van der Waals surface area (Å²) in [5.74, 6) is 0.619. The van der Waals surface area contributed by atoms with Crippen LogP contribution in [-0.2, 0) is 0 Å². The Labute approximate surface area is 162 Å². The van der Waals surface area contributed by atoms with Gasteiger partial charge in [0.15, 0.2) is 4.80 Å². The Hall–Kier alpha value is -2.40. The number of hydrogen-bond donors (Lipinski definition) is 0. The van der Waals surface area contributed by atoms with Crippen LogP contribution in [0, 0.1) is 5.82 Å². The van der Waals surface area contributed by atoms with Crippen LogP contribution in [0.15, 0.2) is 58.9 Å². The zero-order valence-electron chi connectivity index (χ0n) is 15.4. The highest BCUT2D eigenvalue weighted by atomic mass is 32.1. The van der Waals surface area contributed by atoms with E-state index in [1.807, 2.05) is 36.4 Å². The van der Waals surface area contributed by atoms with E-state index in [2.05, 4.69) is 9.95 Å². The molecular formula is C22H23FN2OS. The molecule has 0 amide bonds. The number of thiazole rings is 1. The maximum atomic E-state index is 13.4. The minimum atomic E-state index is -0.207. The van der Waals surface area contributed by atoms with Crippen molar-refractivity contribution in [1.29, 1.82) is 0 Å². The predicted octanol–water partition coefficient (Wildman–Crippen LogP) is 6.10. The summed E-state index contributed by atoms with van der Waals surface area (Å²) >= 11 is 1.64. The van der Waals surface area contributed by atoms with Crippen LogP contribution >= 0.6 is 11.3 Å². The minimum Gasteiger partial charge on any atom is -0.497 e. The molecule has 1 saturated carbocycles. The molecule has 1 heterocycles. The number of methoxy groups -OCH3 is 1. The van der Waals surface area contributed by atoms with E-state index in [0.29, 0.717) is 6.04 Å². The van der Waals surface area contributed by atoms with Crippen molar-refractivity contribution >= 4 is 17.0 Å². The Bertz CT molecular complexity index is 951. The Morgan fingerprint density at radius 3 is 2.37 bits per heavy atom. The van der Waals surface area contributed by atoms with Gasteiger partial charge >= 0.3 is 0 Å². The van der Waals surface area contributed by atoms with E-state index in [1.54, 1.807) is 18.4 Å². The topological polar surface area (TPSA) is 26.5 Å². The molecule has 1 aromatic heterocycles. The maximum Gasteiger partial charge on any atom is 0.190 e. The lowest BCUT2D eigenvalue weighted by atomic mass is 9.95. The molecule has 1 aliphatic carbocycles. The molecule has 27 heavy (non-hydrogen) atoms. The zero-order chi connectivity index (χ0) is 18.6. The summed E-state index contributed by atoms with van der Waals surface area (Å²) in [6, 6.07) is 15.0. The van der Waals surface area contributed by atoms with Gasteiger partial charge in [-0.2, -0.15) is 0 Å². The van der Waals surface area contributed by atoms with Crippen LogP contribution in [0.4, 0.5) is 10.1 Å². The number of halogens is 1. The van der Waals surface area contributed by atoms with Gasteiger partial charge in [0, 0.05) is 11.4 Å². The molecule has 0 spiro atoms. The van der Waals surface area contributed by atoms with Gasteiger partial charge in [-0.3, -0.25) is 0 Å². The first-order valence-electron chi connectivity index (χ1n) is 9.39. The highest BCUT2D eigenvalue weighted by Crippen LogP contribution is 2.32. The van der Waals surface area contributed by atoms with Crippen molar-refractivity contribution in [3.05, 3.63) is 64.5 Å². The lowest BCUT2D eigenvalue weighted by Gasteiger charge is -2.25. The van der Waals surface area contributed by atoms with Crippen LogP contribution in [-0.4, -0.2) is 11.7 Å². The van der Waals surface area contributed by atoms with Crippen LogP contribution in [0.25, 0.3) is 11.3 Å². The number of benzene rings is 2. The third-order valence-corrected chi connectivity index (χ3v) is 5.96. The molecule has 0 N–H and O–H groups in total. The van der Waals surface area contributed by atoms with Gasteiger partial charge in [-0.25, -0.2) is 9.38 Å². The number of aromatic nitrogens is 1. The molecule has 0 radical (unpaired) electrons. The first-order valence-corrected chi connectivity index (χ1v) is 10.3. The van der Waals surface area contributed by atoms with E-state index in [4.69, 9.17) is 9.73 Å². The van der Waals surface area contributed by atoms with Crippen molar-refractivity contribution in [3.8, 4) is 17.0 Å². The van der Waals surface area contributed by atoms with Gasteiger partial charge in [0.1, 0.15) is 11.6 Å². The lowest BCUT2D eigenvalue weighted by molar-refractivity contribution is 0.351. The van der Waals surface area contributed by atoms with E-state index in [0.717, 1.165) is 27.5 Å². The number of hydrogen-bond acceptors (Lipinski definition) is 3. The smallest absolute Gasteiger partial charge is 0.190 e. The number of rotatable bonds is 4. The maximum absolute atomic E-state index is 13.4. The molecule has 140 valence electrons. The fourth-order valence-corrected chi connectivity index (χ4v) is 4.68. The van der Waals surface area contributed by atoms with Crippen molar-refractivity contribution in [2.75, 3.05) is 7.11 Å². The third kappa shape index (κ3) is 3.98. The molecule has 3 nitrogen and oxygen atoms in total. The van der Waals surface area contributed by atoms with E-state index in [9.17, 15) is 4.39 Å². The van der Waals surface area contributed by atoms with Crippen molar-refractivity contribution in [3.63, 3.8) is 0 Å². The second-order valence-electron chi connectivity index (χ2n) is 6.88. The van der Waals surface area contributed by atoms with Crippen molar-refractivity contribution < 1.29 is 9.13 Å². The Morgan fingerprint density at radius 1 is 1.00 bits per heavy atom. The molecule has 3 aromatic rings. The first kappa shape index (κ1) is 18.0. The average molecular weight is 383 g/mol. The highest BCUT2D eigenvalue weighted by Gasteiger charge is 2.20. The average Bonchev–Trinajstić information content (AvgIpc) is 3.13. The number of ether oxygens (including phenoxy) is 1. The number of nitrogens with zero attached hydrogens (tertiary/aromatic N) is 2. The minimum absolute atomic E-state index is 0.207.